The van der Waals surface area contributed by atoms with Crippen LogP contribution in [0.25, 0.3) is 0 Å². The number of nitrogens with zero attached hydrogens (tertiary/aromatic N) is 1. The van der Waals surface area contributed by atoms with Crippen molar-refractivity contribution in [3.05, 3.63) is 28.8 Å². The molecule has 0 spiro atoms. The molecule has 0 saturated carbocycles. The Hall–Kier alpha value is -0.840. The molecule has 2 rings (SSSR count). The van der Waals surface area contributed by atoms with Crippen LogP contribution in [0.5, 0.6) is 0 Å². The molecule has 5 heteroatoms. The number of anilines is 1. The summed E-state index contributed by atoms with van der Waals surface area (Å²) in [6.07, 6.45) is 1.24. The summed E-state index contributed by atoms with van der Waals surface area (Å²) in [5.41, 5.74) is 7.44. The molecule has 1 aliphatic rings. The molecule has 0 radical (unpaired) electrons. The smallest absolute Gasteiger partial charge is 0.107 e. The standard InChI is InChI=1S/C14H20ClN3S/c1-2-18-7-6-10(9-18)8-17-12-5-3-4-11(15)13(12)14(16)19/h3-5,10,17H,2,6-9H2,1H3,(H2,16,19). The van der Waals surface area contributed by atoms with Gasteiger partial charge in [0.15, 0.2) is 0 Å². The molecule has 1 saturated heterocycles. The van der Waals surface area contributed by atoms with E-state index in [9.17, 15) is 0 Å². The van der Waals surface area contributed by atoms with Crippen LogP contribution < -0.4 is 11.1 Å². The molecule has 1 aromatic rings. The molecule has 1 atom stereocenters. The molecule has 0 aromatic heterocycles. The van der Waals surface area contributed by atoms with Crippen LogP contribution in [0.3, 0.4) is 0 Å². The van der Waals surface area contributed by atoms with Crippen LogP contribution in [0.4, 0.5) is 5.69 Å². The largest absolute Gasteiger partial charge is 0.389 e. The minimum absolute atomic E-state index is 0.342. The highest BCUT2D eigenvalue weighted by atomic mass is 35.5. The molecule has 3 N–H and O–H groups in total. The third kappa shape index (κ3) is 3.59. The van der Waals surface area contributed by atoms with Crippen LogP contribution in [0, 0.1) is 5.92 Å². The van der Waals surface area contributed by atoms with Gasteiger partial charge in [0.1, 0.15) is 4.99 Å². The van der Waals surface area contributed by atoms with E-state index in [0.29, 0.717) is 15.9 Å². The second kappa shape index (κ2) is 6.55. The van der Waals surface area contributed by atoms with Crippen LogP contribution in [0.1, 0.15) is 18.9 Å². The van der Waals surface area contributed by atoms with Gasteiger partial charge in [-0.05, 0) is 37.6 Å². The van der Waals surface area contributed by atoms with Crippen LogP contribution in [-0.4, -0.2) is 36.1 Å². The Balaban J connectivity index is 2.00. The lowest BCUT2D eigenvalue weighted by atomic mass is 10.1. The number of hydrogen-bond donors (Lipinski definition) is 2. The van der Waals surface area contributed by atoms with Crippen LogP contribution in [0.15, 0.2) is 18.2 Å². The fourth-order valence-corrected chi connectivity index (χ4v) is 3.10. The number of likely N-dealkylation sites (tertiary alicyclic amines) is 1. The molecule has 1 aliphatic heterocycles. The molecule has 0 bridgehead atoms. The van der Waals surface area contributed by atoms with Gasteiger partial charge >= 0.3 is 0 Å². The fourth-order valence-electron chi connectivity index (χ4n) is 2.54. The van der Waals surface area contributed by atoms with Crippen molar-refractivity contribution >= 4 is 34.5 Å². The van der Waals surface area contributed by atoms with Gasteiger partial charge in [0.25, 0.3) is 0 Å². The fraction of sp³-hybridized carbons (Fsp3) is 0.500. The van der Waals surface area contributed by atoms with Gasteiger partial charge in [-0.15, -0.1) is 0 Å². The Morgan fingerprint density at radius 2 is 2.37 bits per heavy atom. The highest BCUT2D eigenvalue weighted by Gasteiger charge is 2.21. The van der Waals surface area contributed by atoms with Gasteiger partial charge in [-0.3, -0.25) is 0 Å². The summed E-state index contributed by atoms with van der Waals surface area (Å²) < 4.78 is 0. The average molecular weight is 298 g/mol. The highest BCUT2D eigenvalue weighted by Crippen LogP contribution is 2.25. The molecule has 19 heavy (non-hydrogen) atoms. The van der Waals surface area contributed by atoms with Gasteiger partial charge in [-0.1, -0.05) is 36.8 Å². The van der Waals surface area contributed by atoms with Crippen molar-refractivity contribution in [3.63, 3.8) is 0 Å². The summed E-state index contributed by atoms with van der Waals surface area (Å²) in [7, 11) is 0. The SMILES string of the molecule is CCN1CCC(CNc2cccc(Cl)c2C(N)=S)C1. The Morgan fingerprint density at radius 1 is 1.58 bits per heavy atom. The van der Waals surface area contributed by atoms with Gasteiger partial charge in [0.2, 0.25) is 0 Å². The third-order valence-electron chi connectivity index (χ3n) is 3.66. The third-order valence-corrected chi connectivity index (χ3v) is 4.18. The van der Waals surface area contributed by atoms with E-state index in [4.69, 9.17) is 29.6 Å². The molecule has 1 heterocycles. The number of benzene rings is 1. The second-order valence-electron chi connectivity index (χ2n) is 4.96. The summed E-state index contributed by atoms with van der Waals surface area (Å²) in [5, 5.41) is 4.05. The summed E-state index contributed by atoms with van der Waals surface area (Å²) >= 11 is 11.2. The maximum absolute atomic E-state index is 6.15. The zero-order valence-electron chi connectivity index (χ0n) is 11.2. The maximum atomic E-state index is 6.15. The minimum atomic E-state index is 0.342. The van der Waals surface area contributed by atoms with E-state index in [1.165, 1.54) is 13.0 Å². The lowest BCUT2D eigenvalue weighted by Gasteiger charge is -2.16. The first-order valence-electron chi connectivity index (χ1n) is 6.66. The van der Waals surface area contributed by atoms with Crippen molar-refractivity contribution in [2.75, 3.05) is 31.5 Å². The van der Waals surface area contributed by atoms with Crippen molar-refractivity contribution in [3.8, 4) is 0 Å². The van der Waals surface area contributed by atoms with Crippen LogP contribution >= 0.6 is 23.8 Å². The first kappa shape index (κ1) is 14.6. The molecular formula is C14H20ClN3S. The first-order chi connectivity index (χ1) is 9.11. The molecule has 1 fully saturated rings. The summed E-state index contributed by atoms with van der Waals surface area (Å²) in [6.45, 7) is 6.63. The zero-order valence-corrected chi connectivity index (χ0v) is 12.7. The Morgan fingerprint density at radius 3 is 3.00 bits per heavy atom. The number of nitrogens with two attached hydrogens (primary N) is 1. The van der Waals surface area contributed by atoms with E-state index in [0.717, 1.165) is 30.9 Å². The van der Waals surface area contributed by atoms with Gasteiger partial charge in [-0.2, -0.15) is 0 Å². The molecule has 104 valence electrons. The number of rotatable bonds is 5. The summed E-state index contributed by atoms with van der Waals surface area (Å²) in [4.78, 5) is 2.81. The predicted molar refractivity (Wildman–Crippen MR) is 86.1 cm³/mol. The number of nitrogens with one attached hydrogen (secondary N) is 1. The average Bonchev–Trinajstić information content (AvgIpc) is 2.83. The Kier molecular flexibility index (Phi) is 5.02. The second-order valence-corrected chi connectivity index (χ2v) is 5.80. The van der Waals surface area contributed by atoms with Crippen molar-refractivity contribution in [1.82, 2.24) is 4.90 Å². The molecule has 1 unspecified atom stereocenters. The van der Waals surface area contributed by atoms with Gasteiger partial charge in [0.05, 0.1) is 10.6 Å². The lowest BCUT2D eigenvalue weighted by Crippen LogP contribution is -2.23. The number of hydrogen-bond acceptors (Lipinski definition) is 3. The van der Waals surface area contributed by atoms with Crippen LogP contribution in [0.2, 0.25) is 5.02 Å². The van der Waals surface area contributed by atoms with Crippen molar-refractivity contribution in [1.29, 1.82) is 0 Å². The van der Waals surface area contributed by atoms with Crippen molar-refractivity contribution in [2.45, 2.75) is 13.3 Å². The molecule has 0 aliphatic carbocycles. The topological polar surface area (TPSA) is 41.3 Å². The Labute approximate surface area is 125 Å². The number of thiocarbonyl (C=S) groups is 1. The predicted octanol–water partition coefficient (Wildman–Crippen LogP) is 2.73. The van der Waals surface area contributed by atoms with E-state index < -0.39 is 0 Å². The lowest BCUT2D eigenvalue weighted by molar-refractivity contribution is 0.345. The first-order valence-corrected chi connectivity index (χ1v) is 7.45. The van der Waals surface area contributed by atoms with E-state index in [2.05, 4.69) is 17.1 Å². The van der Waals surface area contributed by atoms with E-state index in [1.807, 2.05) is 18.2 Å². The Bertz CT molecular complexity index is 464. The zero-order chi connectivity index (χ0) is 13.8. The quantitative estimate of drug-likeness (QED) is 0.820. The highest BCUT2D eigenvalue weighted by molar-refractivity contribution is 7.80. The molecule has 1 aromatic carbocycles. The molecule has 0 amide bonds. The van der Waals surface area contributed by atoms with E-state index in [-0.39, 0.29) is 0 Å². The minimum Gasteiger partial charge on any atom is -0.389 e. The van der Waals surface area contributed by atoms with Gasteiger partial charge < -0.3 is 16.0 Å². The van der Waals surface area contributed by atoms with Crippen molar-refractivity contribution < 1.29 is 0 Å². The van der Waals surface area contributed by atoms with Crippen LogP contribution in [-0.2, 0) is 0 Å². The normalized spacial score (nSPS) is 19.6. The molecular weight excluding hydrogens is 278 g/mol. The molecule has 3 nitrogen and oxygen atoms in total. The van der Waals surface area contributed by atoms with Crippen molar-refractivity contribution in [2.24, 2.45) is 11.7 Å². The summed E-state index contributed by atoms with van der Waals surface area (Å²) in [5.74, 6) is 0.679. The number of halogens is 1. The monoisotopic (exact) mass is 297 g/mol. The van der Waals surface area contributed by atoms with Gasteiger partial charge in [-0.25, -0.2) is 0 Å². The maximum Gasteiger partial charge on any atom is 0.107 e. The summed E-state index contributed by atoms with van der Waals surface area (Å²) in [6, 6.07) is 5.71. The van der Waals surface area contributed by atoms with Gasteiger partial charge in [0, 0.05) is 18.8 Å². The van der Waals surface area contributed by atoms with E-state index >= 15 is 0 Å². The van der Waals surface area contributed by atoms with E-state index in [1.54, 1.807) is 0 Å².